The van der Waals surface area contributed by atoms with E-state index in [0.717, 1.165) is 24.2 Å². The van der Waals surface area contributed by atoms with E-state index in [1.54, 1.807) is 6.07 Å². The van der Waals surface area contributed by atoms with Gasteiger partial charge in [0.25, 0.3) is 0 Å². The molecule has 0 aliphatic carbocycles. The molecule has 3 nitrogen and oxygen atoms in total. The van der Waals surface area contributed by atoms with Crippen molar-refractivity contribution in [2.75, 3.05) is 11.4 Å². The standard InChI is InChI=1S/C17H22FNO2/c1-10(2)19-9-11(3)7-14-8-13(5-6-15(14)19)12(4)16(18)17(20)21/h5-6,8,10-11H,7,9H2,1-4H3,(H,20,21)/p-1/b16-12+. The molecule has 0 saturated heterocycles. The van der Waals surface area contributed by atoms with Crippen molar-refractivity contribution in [1.82, 2.24) is 0 Å². The number of halogens is 1. The second-order valence-electron chi connectivity index (χ2n) is 6.13. The van der Waals surface area contributed by atoms with Crippen LogP contribution in [0.2, 0.25) is 0 Å². The number of hydrogen-bond acceptors (Lipinski definition) is 3. The summed E-state index contributed by atoms with van der Waals surface area (Å²) in [6, 6.07) is 6.04. The average Bonchev–Trinajstić information content (AvgIpc) is 2.43. The number of anilines is 1. The largest absolute Gasteiger partial charge is 0.542 e. The number of carboxylic acids is 1. The highest BCUT2D eigenvalue weighted by atomic mass is 19.1. The SMILES string of the molecule is C/C(=C(\F)C(=O)[O-])c1ccc2c(c1)CC(C)CN2C(C)C. The smallest absolute Gasteiger partial charge is 0.149 e. The maximum atomic E-state index is 13.5. The number of hydrogen-bond donors (Lipinski definition) is 0. The van der Waals surface area contributed by atoms with Gasteiger partial charge >= 0.3 is 0 Å². The van der Waals surface area contributed by atoms with Crippen LogP contribution in [0, 0.1) is 5.92 Å². The fourth-order valence-electron chi connectivity index (χ4n) is 2.91. The first kappa shape index (κ1) is 15.5. The van der Waals surface area contributed by atoms with E-state index in [4.69, 9.17) is 0 Å². The molecule has 1 unspecified atom stereocenters. The molecular formula is C17H21FNO2-. The molecule has 1 aromatic carbocycles. The van der Waals surface area contributed by atoms with E-state index in [9.17, 15) is 14.3 Å². The van der Waals surface area contributed by atoms with Gasteiger partial charge in [-0.05, 0) is 61.9 Å². The summed E-state index contributed by atoms with van der Waals surface area (Å²) >= 11 is 0. The molecule has 0 radical (unpaired) electrons. The Hall–Kier alpha value is -1.84. The van der Waals surface area contributed by atoms with Gasteiger partial charge in [-0.3, -0.25) is 0 Å². The molecule has 1 atom stereocenters. The summed E-state index contributed by atoms with van der Waals surface area (Å²) < 4.78 is 13.5. The van der Waals surface area contributed by atoms with Crippen LogP contribution < -0.4 is 10.0 Å². The van der Waals surface area contributed by atoms with E-state index in [-0.39, 0.29) is 5.57 Å². The van der Waals surface area contributed by atoms with Crippen LogP contribution in [0.1, 0.15) is 38.8 Å². The minimum Gasteiger partial charge on any atom is -0.542 e. The van der Waals surface area contributed by atoms with Crippen molar-refractivity contribution in [1.29, 1.82) is 0 Å². The zero-order valence-electron chi connectivity index (χ0n) is 12.9. The van der Waals surface area contributed by atoms with E-state index >= 15 is 0 Å². The molecule has 21 heavy (non-hydrogen) atoms. The highest BCUT2D eigenvalue weighted by Crippen LogP contribution is 2.33. The molecule has 0 N–H and O–H groups in total. The van der Waals surface area contributed by atoms with Crippen LogP contribution in [-0.2, 0) is 11.2 Å². The highest BCUT2D eigenvalue weighted by Gasteiger charge is 2.24. The zero-order valence-corrected chi connectivity index (χ0v) is 12.9. The predicted molar refractivity (Wildman–Crippen MR) is 80.5 cm³/mol. The number of aliphatic carboxylic acids is 1. The van der Waals surface area contributed by atoms with Gasteiger partial charge in [-0.25, -0.2) is 4.39 Å². The monoisotopic (exact) mass is 290 g/mol. The summed E-state index contributed by atoms with van der Waals surface area (Å²) in [5.74, 6) is -2.44. The van der Waals surface area contributed by atoms with Gasteiger partial charge in [0.05, 0.1) is 0 Å². The van der Waals surface area contributed by atoms with Gasteiger partial charge in [0.2, 0.25) is 0 Å². The van der Waals surface area contributed by atoms with Crippen molar-refractivity contribution in [2.45, 2.75) is 40.2 Å². The highest BCUT2D eigenvalue weighted by molar-refractivity contribution is 5.92. The Balaban J connectivity index is 2.46. The van der Waals surface area contributed by atoms with E-state index in [2.05, 4.69) is 25.7 Å². The second-order valence-corrected chi connectivity index (χ2v) is 6.13. The van der Waals surface area contributed by atoms with Crippen molar-refractivity contribution < 1.29 is 14.3 Å². The van der Waals surface area contributed by atoms with Crippen molar-refractivity contribution in [3.8, 4) is 0 Å². The summed E-state index contributed by atoms with van der Waals surface area (Å²) in [5, 5.41) is 10.6. The Morgan fingerprint density at radius 1 is 1.43 bits per heavy atom. The normalized spacial score (nSPS) is 19.3. The van der Waals surface area contributed by atoms with Gasteiger partial charge in [0.15, 0.2) is 0 Å². The Morgan fingerprint density at radius 3 is 2.67 bits per heavy atom. The van der Waals surface area contributed by atoms with E-state index in [1.807, 2.05) is 12.1 Å². The lowest BCUT2D eigenvalue weighted by Gasteiger charge is -2.38. The molecule has 1 aromatic rings. The Labute approximate surface area is 125 Å². The molecule has 4 heteroatoms. The van der Waals surface area contributed by atoms with Crippen LogP contribution in [0.5, 0.6) is 0 Å². The number of benzene rings is 1. The topological polar surface area (TPSA) is 43.4 Å². The van der Waals surface area contributed by atoms with Crippen LogP contribution >= 0.6 is 0 Å². The molecule has 0 amide bonds. The second kappa shape index (κ2) is 5.88. The number of carboxylic acid groups (broad SMARTS) is 1. The molecule has 0 fully saturated rings. The number of carbonyl (C=O) groups excluding carboxylic acids is 1. The molecule has 0 spiro atoms. The van der Waals surface area contributed by atoms with E-state index < -0.39 is 11.8 Å². The van der Waals surface area contributed by atoms with Crippen LogP contribution in [0.4, 0.5) is 10.1 Å². The van der Waals surface area contributed by atoms with Gasteiger partial charge in [-0.15, -0.1) is 0 Å². The Morgan fingerprint density at radius 2 is 2.10 bits per heavy atom. The van der Waals surface area contributed by atoms with Crippen molar-refractivity contribution in [3.05, 3.63) is 35.2 Å². The first-order valence-electron chi connectivity index (χ1n) is 7.29. The van der Waals surface area contributed by atoms with E-state index in [1.165, 1.54) is 6.92 Å². The maximum absolute atomic E-state index is 13.5. The molecule has 2 rings (SSSR count). The van der Waals surface area contributed by atoms with Crippen LogP contribution in [0.15, 0.2) is 24.0 Å². The van der Waals surface area contributed by atoms with Crippen molar-refractivity contribution in [3.63, 3.8) is 0 Å². The summed E-state index contributed by atoms with van der Waals surface area (Å²) in [6.45, 7) is 8.97. The lowest BCUT2D eigenvalue weighted by atomic mass is 9.90. The molecule has 1 aliphatic heterocycles. The molecule has 0 aromatic heterocycles. The molecule has 0 saturated carbocycles. The summed E-state index contributed by atoms with van der Waals surface area (Å²) in [7, 11) is 0. The fourth-order valence-corrected chi connectivity index (χ4v) is 2.91. The predicted octanol–water partition coefficient (Wildman–Crippen LogP) is 2.54. The summed E-state index contributed by atoms with van der Waals surface area (Å²) in [4.78, 5) is 13.0. The molecule has 1 heterocycles. The number of rotatable bonds is 3. The first-order chi connectivity index (χ1) is 9.81. The third-order valence-corrected chi connectivity index (χ3v) is 4.03. The number of fused-ring (bicyclic) bond motifs is 1. The van der Waals surface area contributed by atoms with Gasteiger partial charge < -0.3 is 14.8 Å². The third-order valence-electron chi connectivity index (χ3n) is 4.03. The summed E-state index contributed by atoms with van der Waals surface area (Å²) in [5.41, 5.74) is 3.03. The molecule has 0 bridgehead atoms. The van der Waals surface area contributed by atoms with E-state index in [0.29, 0.717) is 17.5 Å². The Kier molecular flexibility index (Phi) is 4.35. The van der Waals surface area contributed by atoms with Crippen LogP contribution in [0.3, 0.4) is 0 Å². The molecule has 114 valence electrons. The van der Waals surface area contributed by atoms with Gasteiger partial charge in [-0.2, -0.15) is 0 Å². The third kappa shape index (κ3) is 3.09. The zero-order chi connectivity index (χ0) is 15.7. The first-order valence-corrected chi connectivity index (χ1v) is 7.29. The van der Waals surface area contributed by atoms with Gasteiger partial charge in [0.1, 0.15) is 11.8 Å². The number of nitrogens with zero attached hydrogens (tertiary/aromatic N) is 1. The summed E-state index contributed by atoms with van der Waals surface area (Å²) in [6.07, 6.45) is 0.923. The van der Waals surface area contributed by atoms with Crippen LogP contribution in [-0.4, -0.2) is 18.6 Å². The number of allylic oxidation sites excluding steroid dienone is 1. The maximum Gasteiger partial charge on any atom is 0.149 e. The molecule has 1 aliphatic rings. The van der Waals surface area contributed by atoms with Gasteiger partial charge in [0, 0.05) is 18.3 Å². The minimum absolute atomic E-state index is 0.118. The molecular weight excluding hydrogens is 269 g/mol. The van der Waals surface area contributed by atoms with Crippen molar-refractivity contribution >= 4 is 17.2 Å². The van der Waals surface area contributed by atoms with Crippen molar-refractivity contribution in [2.24, 2.45) is 5.92 Å². The van der Waals surface area contributed by atoms with Gasteiger partial charge in [-0.1, -0.05) is 13.0 Å². The van der Waals surface area contributed by atoms with Crippen LogP contribution in [0.25, 0.3) is 5.57 Å². The quantitative estimate of drug-likeness (QED) is 0.804. The number of carbonyl (C=O) groups is 1. The lowest BCUT2D eigenvalue weighted by Crippen LogP contribution is -2.39. The lowest BCUT2D eigenvalue weighted by molar-refractivity contribution is -0.301. The Bertz CT molecular complexity index is 592. The minimum atomic E-state index is -1.76. The average molecular weight is 290 g/mol. The fraction of sp³-hybridized carbons (Fsp3) is 0.471.